The van der Waals surface area contributed by atoms with E-state index < -0.39 is 0 Å². The van der Waals surface area contributed by atoms with E-state index in [9.17, 15) is 0 Å². The first-order chi connectivity index (χ1) is 7.72. The van der Waals surface area contributed by atoms with Gasteiger partial charge in [0.1, 0.15) is 5.02 Å². The van der Waals surface area contributed by atoms with Crippen molar-refractivity contribution in [2.24, 2.45) is 0 Å². The molecule has 1 rings (SSSR count). The van der Waals surface area contributed by atoms with Crippen LogP contribution >= 0.6 is 27.5 Å². The molecule has 0 bridgehead atoms. The van der Waals surface area contributed by atoms with Gasteiger partial charge in [0.15, 0.2) is 5.82 Å². The van der Waals surface area contributed by atoms with E-state index in [0.717, 1.165) is 30.7 Å². The Labute approximate surface area is 109 Å². The number of nitrogens with zero attached hydrogens (tertiary/aromatic N) is 3. The first-order valence-corrected chi connectivity index (χ1v) is 6.60. The van der Waals surface area contributed by atoms with E-state index >= 15 is 0 Å². The van der Waals surface area contributed by atoms with E-state index in [2.05, 4.69) is 37.7 Å². The second-order valence-electron chi connectivity index (χ2n) is 3.15. The van der Waals surface area contributed by atoms with Crippen molar-refractivity contribution >= 4 is 33.3 Å². The maximum Gasteiger partial charge on any atom is 0.318 e. The van der Waals surface area contributed by atoms with Crippen LogP contribution < -0.4 is 9.64 Å². The predicted molar refractivity (Wildman–Crippen MR) is 69.9 cm³/mol. The molecule has 1 heterocycles. The molecule has 1 aromatic heterocycles. The topological polar surface area (TPSA) is 38.2 Å². The minimum Gasteiger partial charge on any atom is -0.467 e. The zero-order chi connectivity index (χ0) is 12.0. The predicted octanol–water partition coefficient (Wildman–Crippen LogP) is 2.75. The zero-order valence-electron chi connectivity index (χ0n) is 9.41. The van der Waals surface area contributed by atoms with Gasteiger partial charge in [0, 0.05) is 18.4 Å². The van der Waals surface area contributed by atoms with Gasteiger partial charge in [0.2, 0.25) is 0 Å². The number of aromatic nitrogens is 2. The Morgan fingerprint density at radius 1 is 1.56 bits per heavy atom. The molecular weight excluding hydrogens is 293 g/mol. The standard InChI is InChI=1S/C10H15BrClN3O/c1-3-15(6-4-5-11)9-8(12)7-13-10(14-9)16-2/h7H,3-6H2,1-2H3. The molecule has 0 spiro atoms. The van der Waals surface area contributed by atoms with Gasteiger partial charge in [0.05, 0.1) is 13.3 Å². The number of halogens is 2. The Kier molecular flexibility index (Phi) is 5.84. The molecule has 0 saturated heterocycles. The Morgan fingerprint density at radius 2 is 2.31 bits per heavy atom. The summed E-state index contributed by atoms with van der Waals surface area (Å²) in [5, 5.41) is 1.51. The highest BCUT2D eigenvalue weighted by Crippen LogP contribution is 2.24. The van der Waals surface area contributed by atoms with Gasteiger partial charge in [0.25, 0.3) is 0 Å². The van der Waals surface area contributed by atoms with Gasteiger partial charge in [-0.25, -0.2) is 4.98 Å². The van der Waals surface area contributed by atoms with Crippen molar-refractivity contribution < 1.29 is 4.74 Å². The Balaban J connectivity index is 2.89. The summed E-state index contributed by atoms with van der Waals surface area (Å²) < 4.78 is 4.99. The second-order valence-corrected chi connectivity index (χ2v) is 4.35. The van der Waals surface area contributed by atoms with Crippen molar-refractivity contribution in [2.45, 2.75) is 13.3 Å². The third-order valence-corrected chi connectivity index (χ3v) is 2.96. The van der Waals surface area contributed by atoms with E-state index in [1.165, 1.54) is 0 Å². The molecule has 0 aliphatic carbocycles. The molecule has 6 heteroatoms. The number of anilines is 1. The minimum atomic E-state index is 0.344. The number of hydrogen-bond acceptors (Lipinski definition) is 4. The van der Waals surface area contributed by atoms with Crippen molar-refractivity contribution in [2.75, 3.05) is 30.4 Å². The van der Waals surface area contributed by atoms with Crippen LogP contribution in [0.3, 0.4) is 0 Å². The highest BCUT2D eigenvalue weighted by Gasteiger charge is 2.12. The highest BCUT2D eigenvalue weighted by molar-refractivity contribution is 9.09. The van der Waals surface area contributed by atoms with Crippen molar-refractivity contribution in [3.63, 3.8) is 0 Å². The molecule has 0 aliphatic rings. The molecule has 0 saturated carbocycles. The van der Waals surface area contributed by atoms with Crippen LogP contribution in [0.4, 0.5) is 5.82 Å². The summed E-state index contributed by atoms with van der Waals surface area (Å²) in [4.78, 5) is 10.3. The van der Waals surface area contributed by atoms with Crippen LogP contribution in [0.5, 0.6) is 6.01 Å². The van der Waals surface area contributed by atoms with Gasteiger partial charge in [-0.1, -0.05) is 27.5 Å². The summed E-state index contributed by atoms with van der Waals surface area (Å²) in [5.41, 5.74) is 0. The van der Waals surface area contributed by atoms with Crippen LogP contribution in [0, 0.1) is 0 Å². The summed E-state index contributed by atoms with van der Waals surface area (Å²) in [5.74, 6) is 0.733. The van der Waals surface area contributed by atoms with Crippen LogP contribution in [-0.2, 0) is 0 Å². The monoisotopic (exact) mass is 307 g/mol. The van der Waals surface area contributed by atoms with Gasteiger partial charge >= 0.3 is 6.01 Å². The van der Waals surface area contributed by atoms with Crippen molar-refractivity contribution in [1.29, 1.82) is 0 Å². The summed E-state index contributed by atoms with van der Waals surface area (Å²) in [7, 11) is 1.54. The molecule has 0 aromatic carbocycles. The molecule has 0 aliphatic heterocycles. The van der Waals surface area contributed by atoms with Crippen molar-refractivity contribution in [3.05, 3.63) is 11.2 Å². The van der Waals surface area contributed by atoms with E-state index in [1.807, 2.05) is 0 Å². The Bertz CT molecular complexity index is 338. The minimum absolute atomic E-state index is 0.344. The van der Waals surface area contributed by atoms with Crippen LogP contribution in [0.2, 0.25) is 5.02 Å². The average molecular weight is 309 g/mol. The molecular formula is C10H15BrClN3O. The molecule has 0 atom stereocenters. The fourth-order valence-electron chi connectivity index (χ4n) is 1.33. The van der Waals surface area contributed by atoms with E-state index in [0.29, 0.717) is 11.0 Å². The van der Waals surface area contributed by atoms with Crippen LogP contribution in [0.15, 0.2) is 6.20 Å². The number of methoxy groups -OCH3 is 1. The van der Waals surface area contributed by atoms with Gasteiger partial charge in [-0.2, -0.15) is 4.98 Å². The summed E-state index contributed by atoms with van der Waals surface area (Å²) in [6, 6.07) is 0.344. The molecule has 90 valence electrons. The van der Waals surface area contributed by atoms with E-state index in [-0.39, 0.29) is 0 Å². The number of rotatable bonds is 6. The number of hydrogen-bond donors (Lipinski definition) is 0. The van der Waals surface area contributed by atoms with Gasteiger partial charge < -0.3 is 9.64 Å². The van der Waals surface area contributed by atoms with Crippen LogP contribution in [0.1, 0.15) is 13.3 Å². The van der Waals surface area contributed by atoms with Gasteiger partial charge in [-0.15, -0.1) is 0 Å². The lowest BCUT2D eigenvalue weighted by Crippen LogP contribution is -2.25. The fourth-order valence-corrected chi connectivity index (χ4v) is 1.79. The smallest absolute Gasteiger partial charge is 0.318 e. The SMILES string of the molecule is CCN(CCCBr)c1nc(OC)ncc1Cl. The molecule has 0 unspecified atom stereocenters. The Morgan fingerprint density at radius 3 is 2.88 bits per heavy atom. The molecule has 0 fully saturated rings. The van der Waals surface area contributed by atoms with Gasteiger partial charge in [-0.3, -0.25) is 0 Å². The highest BCUT2D eigenvalue weighted by atomic mass is 79.9. The molecule has 1 aromatic rings. The van der Waals surface area contributed by atoms with Crippen LogP contribution in [-0.4, -0.2) is 35.5 Å². The lowest BCUT2D eigenvalue weighted by molar-refractivity contribution is 0.379. The van der Waals surface area contributed by atoms with Crippen molar-refractivity contribution in [3.8, 4) is 6.01 Å². The number of ether oxygens (including phenoxy) is 1. The maximum atomic E-state index is 6.07. The van der Waals surface area contributed by atoms with Crippen LogP contribution in [0.25, 0.3) is 0 Å². The van der Waals surface area contributed by atoms with Gasteiger partial charge in [-0.05, 0) is 13.3 Å². The molecule has 16 heavy (non-hydrogen) atoms. The summed E-state index contributed by atoms with van der Waals surface area (Å²) in [6.45, 7) is 3.83. The summed E-state index contributed by atoms with van der Waals surface area (Å²) in [6.07, 6.45) is 2.61. The van der Waals surface area contributed by atoms with E-state index in [1.54, 1.807) is 13.3 Å². The lowest BCUT2D eigenvalue weighted by Gasteiger charge is -2.22. The molecule has 0 radical (unpaired) electrons. The number of alkyl halides is 1. The van der Waals surface area contributed by atoms with E-state index in [4.69, 9.17) is 16.3 Å². The lowest BCUT2D eigenvalue weighted by atomic mass is 10.4. The Hall–Kier alpha value is -0.550. The first-order valence-electron chi connectivity index (χ1n) is 5.10. The molecule has 0 N–H and O–H groups in total. The zero-order valence-corrected chi connectivity index (χ0v) is 11.8. The third-order valence-electron chi connectivity index (χ3n) is 2.13. The van der Waals surface area contributed by atoms with Crippen molar-refractivity contribution in [1.82, 2.24) is 9.97 Å². The molecule has 0 amide bonds. The normalized spacial score (nSPS) is 10.2. The first kappa shape index (κ1) is 13.5. The third kappa shape index (κ3) is 3.49. The second kappa shape index (κ2) is 6.91. The quantitative estimate of drug-likeness (QED) is 0.758. The summed E-state index contributed by atoms with van der Waals surface area (Å²) >= 11 is 9.48. The fraction of sp³-hybridized carbons (Fsp3) is 0.600. The average Bonchev–Trinajstić information content (AvgIpc) is 2.32. The largest absolute Gasteiger partial charge is 0.467 e. The maximum absolute atomic E-state index is 6.07. The molecule has 4 nitrogen and oxygen atoms in total.